The van der Waals surface area contributed by atoms with E-state index >= 15 is 0 Å². The van der Waals surface area contributed by atoms with Crippen LogP contribution in [-0.4, -0.2) is 76.0 Å². The summed E-state index contributed by atoms with van der Waals surface area (Å²) in [6.45, 7) is 4.16. The Labute approximate surface area is 164 Å². The molecule has 0 saturated carbocycles. The van der Waals surface area contributed by atoms with Crippen molar-refractivity contribution < 1.29 is 30.8 Å². The van der Waals surface area contributed by atoms with Crippen LogP contribution in [0.25, 0.3) is 0 Å². The van der Waals surface area contributed by atoms with Crippen LogP contribution in [0.4, 0.5) is 0 Å². The molecule has 0 amide bonds. The molecule has 2 atom stereocenters. The van der Waals surface area contributed by atoms with Gasteiger partial charge in [-0.3, -0.25) is 4.21 Å². The highest BCUT2D eigenvalue weighted by Crippen LogP contribution is 2.33. The Bertz CT molecular complexity index is 342. The van der Waals surface area contributed by atoms with Crippen LogP contribution < -0.4 is 0 Å². The molecule has 0 saturated heterocycles. The highest BCUT2D eigenvalue weighted by molar-refractivity contribution is 7.84. The summed E-state index contributed by atoms with van der Waals surface area (Å²) in [6.07, 6.45) is 3.24. The Hall–Kier alpha value is 0.344. The summed E-state index contributed by atoms with van der Waals surface area (Å²) in [5.41, 5.74) is 0.276. The second-order valence-corrected chi connectivity index (χ2v) is 14.3. The minimum atomic E-state index is -2.70. The van der Waals surface area contributed by atoms with Crippen molar-refractivity contribution in [1.82, 2.24) is 0 Å². The maximum absolute atomic E-state index is 12.6. The Morgan fingerprint density at radius 2 is 0.923 bits per heavy atom. The molecular formula is C16H38O7SSi2. The largest absolute Gasteiger partial charge is 0.503 e. The van der Waals surface area contributed by atoms with E-state index in [4.69, 9.17) is 26.6 Å². The lowest BCUT2D eigenvalue weighted by Gasteiger charge is -2.32. The van der Waals surface area contributed by atoms with Crippen LogP contribution in [0.2, 0.25) is 11.1 Å². The predicted molar refractivity (Wildman–Crippen MR) is 109 cm³/mol. The van der Waals surface area contributed by atoms with Crippen molar-refractivity contribution in [2.75, 3.05) is 54.2 Å². The molecule has 0 fully saturated rings. The van der Waals surface area contributed by atoms with Gasteiger partial charge in [-0.25, -0.2) is 0 Å². The summed E-state index contributed by atoms with van der Waals surface area (Å²) in [5, 5.41) is 0. The van der Waals surface area contributed by atoms with Crippen LogP contribution >= 0.6 is 0 Å². The van der Waals surface area contributed by atoms with E-state index in [2.05, 4.69) is 13.8 Å². The smallest absolute Gasteiger partial charge is 0.377 e. The van der Waals surface area contributed by atoms with E-state index < -0.39 is 28.4 Å². The molecule has 0 radical (unpaired) electrons. The van der Waals surface area contributed by atoms with Crippen molar-refractivity contribution in [2.45, 2.75) is 50.6 Å². The predicted octanol–water partition coefficient (Wildman–Crippen LogP) is 2.83. The minimum Gasteiger partial charge on any atom is -0.377 e. The number of hydrogen-bond acceptors (Lipinski definition) is 7. The van der Waals surface area contributed by atoms with Gasteiger partial charge in [-0.05, 0) is 25.7 Å². The quantitative estimate of drug-likeness (QED) is 0.349. The van der Waals surface area contributed by atoms with Gasteiger partial charge in [0.05, 0.1) is 0 Å². The fourth-order valence-electron chi connectivity index (χ4n) is 3.41. The van der Waals surface area contributed by atoms with Gasteiger partial charge in [0.1, 0.15) is 0 Å². The first-order chi connectivity index (χ1) is 12.4. The molecule has 0 aliphatic rings. The average molecular weight is 431 g/mol. The first kappa shape index (κ1) is 26.3. The van der Waals surface area contributed by atoms with Crippen LogP contribution in [0.1, 0.15) is 39.5 Å². The number of hydrogen-bond donors (Lipinski definition) is 0. The van der Waals surface area contributed by atoms with Crippen molar-refractivity contribution in [3.8, 4) is 0 Å². The van der Waals surface area contributed by atoms with Crippen molar-refractivity contribution in [2.24, 2.45) is 0 Å². The molecule has 0 aliphatic carbocycles. The Balaban J connectivity index is 4.74. The first-order valence-electron chi connectivity index (χ1n) is 9.04. The summed E-state index contributed by atoms with van der Waals surface area (Å²) in [5.74, 6) is 1.20. The lowest BCUT2D eigenvalue weighted by atomic mass is 10.3. The normalized spacial score (nSPS) is 16.5. The second kappa shape index (κ2) is 13.5. The highest BCUT2D eigenvalue weighted by atomic mass is 32.2. The molecular weight excluding hydrogens is 392 g/mol. The van der Waals surface area contributed by atoms with Gasteiger partial charge < -0.3 is 26.6 Å². The van der Waals surface area contributed by atoms with Crippen molar-refractivity contribution in [1.29, 1.82) is 0 Å². The summed E-state index contributed by atoms with van der Waals surface area (Å²) in [6, 6.07) is 0. The van der Waals surface area contributed by atoms with Crippen LogP contribution in [0.3, 0.4) is 0 Å². The zero-order chi connectivity index (χ0) is 20.2. The summed E-state index contributed by atoms with van der Waals surface area (Å²) in [7, 11) is 3.39. The van der Waals surface area contributed by atoms with E-state index in [9.17, 15) is 4.21 Å². The van der Waals surface area contributed by atoms with E-state index in [-0.39, 0.29) is 11.1 Å². The first-order valence-corrected chi connectivity index (χ1v) is 14.1. The van der Waals surface area contributed by atoms with Crippen molar-refractivity contribution >= 4 is 28.4 Å². The third-order valence-electron chi connectivity index (χ3n) is 5.08. The van der Waals surface area contributed by atoms with E-state index in [0.29, 0.717) is 11.5 Å². The molecule has 7 nitrogen and oxygen atoms in total. The highest BCUT2D eigenvalue weighted by Gasteiger charge is 2.47. The van der Waals surface area contributed by atoms with E-state index in [0.717, 1.165) is 25.7 Å². The standard InChI is InChI=1S/C16H38O7SSi2/c1-9-15(25(18-3,19-4)20-5)11-13-24(17)14-12-16(10-2)26(21-6,22-7)23-8/h15-16H,9-14H2,1-8H3. The lowest BCUT2D eigenvalue weighted by molar-refractivity contribution is 0.109. The van der Waals surface area contributed by atoms with E-state index in [1.54, 1.807) is 42.7 Å². The van der Waals surface area contributed by atoms with Crippen LogP contribution in [-0.2, 0) is 37.4 Å². The van der Waals surface area contributed by atoms with Gasteiger partial charge in [-0.1, -0.05) is 13.8 Å². The third-order valence-corrected chi connectivity index (χ3v) is 13.3. The van der Waals surface area contributed by atoms with Gasteiger partial charge in [0, 0.05) is 76.0 Å². The lowest BCUT2D eigenvalue weighted by Crippen LogP contribution is -2.48. The van der Waals surface area contributed by atoms with Crippen LogP contribution in [0, 0.1) is 0 Å². The minimum absolute atomic E-state index is 0.138. The molecule has 0 aliphatic heterocycles. The van der Waals surface area contributed by atoms with E-state index in [1.165, 1.54) is 0 Å². The summed E-state index contributed by atoms with van der Waals surface area (Å²) < 4.78 is 46.0. The maximum Gasteiger partial charge on any atom is 0.503 e. The molecule has 2 unspecified atom stereocenters. The van der Waals surface area contributed by atoms with Crippen LogP contribution in [0.15, 0.2) is 0 Å². The molecule has 158 valence electrons. The monoisotopic (exact) mass is 430 g/mol. The Kier molecular flexibility index (Phi) is 13.7. The molecule has 0 rings (SSSR count). The molecule has 0 aromatic heterocycles. The molecule has 10 heteroatoms. The Morgan fingerprint density at radius 3 is 1.12 bits per heavy atom. The molecule has 0 heterocycles. The molecule has 0 bridgehead atoms. The van der Waals surface area contributed by atoms with Gasteiger partial charge in [0.2, 0.25) is 0 Å². The summed E-state index contributed by atoms with van der Waals surface area (Å²) >= 11 is 0. The number of rotatable bonds is 16. The molecule has 26 heavy (non-hydrogen) atoms. The SMILES string of the molecule is CCC(CCS(=O)CCC(CC)[Si](OC)(OC)OC)[Si](OC)(OC)OC. The van der Waals surface area contributed by atoms with Crippen molar-refractivity contribution in [3.05, 3.63) is 0 Å². The zero-order valence-corrected chi connectivity index (χ0v) is 20.5. The fourth-order valence-corrected chi connectivity index (χ4v) is 10.1. The van der Waals surface area contributed by atoms with Gasteiger partial charge in [-0.2, -0.15) is 0 Å². The molecule has 0 N–H and O–H groups in total. The van der Waals surface area contributed by atoms with Crippen LogP contribution in [0.5, 0.6) is 0 Å². The average Bonchev–Trinajstić information content (AvgIpc) is 2.69. The zero-order valence-electron chi connectivity index (χ0n) is 17.7. The maximum atomic E-state index is 12.6. The molecule has 0 aromatic carbocycles. The van der Waals surface area contributed by atoms with E-state index in [1.807, 2.05) is 0 Å². The molecule has 0 aromatic rings. The van der Waals surface area contributed by atoms with Gasteiger partial charge >= 0.3 is 17.6 Å². The van der Waals surface area contributed by atoms with Crippen molar-refractivity contribution in [3.63, 3.8) is 0 Å². The second-order valence-electron chi connectivity index (χ2n) is 6.07. The molecule has 0 spiro atoms. The Morgan fingerprint density at radius 1 is 0.654 bits per heavy atom. The summed E-state index contributed by atoms with van der Waals surface area (Å²) in [4.78, 5) is 0. The topological polar surface area (TPSA) is 72.5 Å². The van der Waals surface area contributed by atoms with Gasteiger partial charge in [0.25, 0.3) is 0 Å². The van der Waals surface area contributed by atoms with Gasteiger partial charge in [-0.15, -0.1) is 0 Å². The fraction of sp³-hybridized carbons (Fsp3) is 1.00. The third kappa shape index (κ3) is 6.75. The van der Waals surface area contributed by atoms with Gasteiger partial charge in [0.15, 0.2) is 0 Å².